The molecule has 5 rings (SSSR count). The zero-order valence-electron chi connectivity index (χ0n) is 11.5. The van der Waals surface area contributed by atoms with Crippen molar-refractivity contribution in [1.29, 1.82) is 0 Å². The Labute approximate surface area is 124 Å². The fraction of sp³-hybridized carbons (Fsp3) is 0.647. The molecule has 4 saturated carbocycles. The van der Waals surface area contributed by atoms with Gasteiger partial charge < -0.3 is 5.32 Å². The van der Waals surface area contributed by atoms with E-state index in [9.17, 15) is 0 Å². The van der Waals surface area contributed by atoms with Crippen molar-refractivity contribution in [1.82, 2.24) is 0 Å². The van der Waals surface area contributed by atoms with Crippen molar-refractivity contribution in [3.8, 4) is 0 Å². The number of halogens is 1. The number of aryl methyl sites for hydroxylation is 1. The molecule has 0 unspecified atom stereocenters. The van der Waals surface area contributed by atoms with Crippen LogP contribution >= 0.6 is 15.9 Å². The molecular formula is C17H22BrN. The molecule has 0 aliphatic heterocycles. The number of nitrogens with one attached hydrogen (secondary N) is 1. The van der Waals surface area contributed by atoms with Gasteiger partial charge in [-0.2, -0.15) is 0 Å². The lowest BCUT2D eigenvalue weighted by Crippen LogP contribution is -2.51. The lowest BCUT2D eigenvalue weighted by molar-refractivity contribution is 0.00754. The Morgan fingerprint density at radius 1 is 1.00 bits per heavy atom. The Balaban J connectivity index is 1.55. The molecule has 4 bridgehead atoms. The molecule has 4 aliphatic carbocycles. The van der Waals surface area contributed by atoms with Crippen LogP contribution in [0.1, 0.15) is 37.7 Å². The minimum atomic E-state index is 0.738. The Bertz CT molecular complexity index is 468. The van der Waals surface area contributed by atoms with Crippen LogP contribution in [-0.2, 0) is 0 Å². The second-order valence-electron chi connectivity index (χ2n) is 7.06. The Kier molecular flexibility index (Phi) is 2.91. The first-order valence-electron chi connectivity index (χ1n) is 7.71. The summed E-state index contributed by atoms with van der Waals surface area (Å²) < 4.78 is 1.22. The van der Waals surface area contributed by atoms with Gasteiger partial charge in [-0.15, -0.1) is 0 Å². The van der Waals surface area contributed by atoms with E-state index < -0.39 is 0 Å². The molecule has 0 radical (unpaired) electrons. The molecule has 4 fully saturated rings. The van der Waals surface area contributed by atoms with Gasteiger partial charge in [0.05, 0.1) is 0 Å². The van der Waals surface area contributed by atoms with E-state index in [1.165, 1.54) is 47.8 Å². The van der Waals surface area contributed by atoms with Crippen molar-refractivity contribution in [3.63, 3.8) is 0 Å². The highest BCUT2D eigenvalue weighted by Gasteiger charge is 2.48. The van der Waals surface area contributed by atoms with Gasteiger partial charge in [0.1, 0.15) is 0 Å². The number of rotatable bonds is 2. The van der Waals surface area contributed by atoms with Crippen molar-refractivity contribution in [3.05, 3.63) is 28.2 Å². The van der Waals surface area contributed by atoms with Crippen LogP contribution in [0.25, 0.3) is 0 Å². The average molecular weight is 320 g/mol. The maximum Gasteiger partial charge on any atom is 0.0354 e. The zero-order valence-corrected chi connectivity index (χ0v) is 13.1. The number of benzene rings is 1. The van der Waals surface area contributed by atoms with E-state index >= 15 is 0 Å². The highest BCUT2D eigenvalue weighted by atomic mass is 79.9. The van der Waals surface area contributed by atoms with Crippen LogP contribution in [0.15, 0.2) is 22.7 Å². The molecule has 0 saturated heterocycles. The molecule has 1 nitrogen and oxygen atoms in total. The maximum atomic E-state index is 3.86. The quantitative estimate of drug-likeness (QED) is 0.809. The summed E-state index contributed by atoms with van der Waals surface area (Å²) in [5.41, 5.74) is 2.62. The van der Waals surface area contributed by atoms with Gasteiger partial charge in [-0.1, -0.05) is 22.0 Å². The normalized spacial score (nSPS) is 39.6. The molecule has 0 atom stereocenters. The van der Waals surface area contributed by atoms with Gasteiger partial charge in [0, 0.05) is 16.2 Å². The molecule has 1 aromatic rings. The van der Waals surface area contributed by atoms with Crippen LogP contribution in [0.2, 0.25) is 0 Å². The largest absolute Gasteiger partial charge is 0.382 e. The molecule has 102 valence electrons. The van der Waals surface area contributed by atoms with E-state index in [1.807, 2.05) is 0 Å². The van der Waals surface area contributed by atoms with E-state index in [1.54, 1.807) is 0 Å². The highest BCUT2D eigenvalue weighted by Crippen LogP contribution is 2.54. The molecule has 1 N–H and O–H groups in total. The van der Waals surface area contributed by atoms with Crippen molar-refractivity contribution in [2.45, 2.75) is 45.1 Å². The van der Waals surface area contributed by atoms with E-state index in [4.69, 9.17) is 0 Å². The van der Waals surface area contributed by atoms with Crippen molar-refractivity contribution in [2.75, 3.05) is 5.32 Å². The molecule has 2 heteroatoms. The van der Waals surface area contributed by atoms with Crippen LogP contribution in [-0.4, -0.2) is 6.04 Å². The van der Waals surface area contributed by atoms with E-state index in [2.05, 4.69) is 46.4 Å². The topological polar surface area (TPSA) is 12.0 Å². The van der Waals surface area contributed by atoms with Crippen LogP contribution in [0.5, 0.6) is 0 Å². The maximum absolute atomic E-state index is 3.86. The van der Waals surface area contributed by atoms with E-state index in [0.29, 0.717) is 0 Å². The van der Waals surface area contributed by atoms with Crippen LogP contribution < -0.4 is 5.32 Å². The molecule has 19 heavy (non-hydrogen) atoms. The first-order chi connectivity index (χ1) is 9.19. The van der Waals surface area contributed by atoms with Gasteiger partial charge in [-0.25, -0.2) is 0 Å². The predicted molar refractivity (Wildman–Crippen MR) is 83.3 cm³/mol. The summed E-state index contributed by atoms with van der Waals surface area (Å²) in [5, 5.41) is 3.86. The van der Waals surface area contributed by atoms with Crippen LogP contribution in [0.4, 0.5) is 5.69 Å². The summed E-state index contributed by atoms with van der Waals surface area (Å²) in [7, 11) is 0. The summed E-state index contributed by atoms with van der Waals surface area (Å²) >= 11 is 3.65. The van der Waals surface area contributed by atoms with E-state index in [-0.39, 0.29) is 0 Å². The third-order valence-corrected chi connectivity index (χ3v) is 6.59. The van der Waals surface area contributed by atoms with Crippen LogP contribution in [0.3, 0.4) is 0 Å². The lowest BCUT2D eigenvalue weighted by Gasteiger charge is -2.54. The fourth-order valence-electron chi connectivity index (χ4n) is 5.04. The Morgan fingerprint density at radius 2 is 1.63 bits per heavy atom. The standard InChI is InChI=1S/C17H22BrN/c1-10-2-3-15(9-16(10)18)19-17-13-5-11-4-12(7-13)8-14(17)6-11/h2-3,9,11-14,17,19H,4-8H2,1H3. The number of hydrogen-bond donors (Lipinski definition) is 1. The van der Waals surface area contributed by atoms with Crippen LogP contribution in [0, 0.1) is 30.6 Å². The molecule has 0 aromatic heterocycles. The van der Waals surface area contributed by atoms with Gasteiger partial charge in [0.15, 0.2) is 0 Å². The minimum Gasteiger partial charge on any atom is -0.382 e. The molecule has 4 aliphatic rings. The summed E-state index contributed by atoms with van der Waals surface area (Å²) in [6.07, 6.45) is 7.47. The van der Waals surface area contributed by atoms with Gasteiger partial charge in [0.2, 0.25) is 0 Å². The van der Waals surface area contributed by atoms with Gasteiger partial charge in [-0.3, -0.25) is 0 Å². The van der Waals surface area contributed by atoms with Gasteiger partial charge in [0.25, 0.3) is 0 Å². The SMILES string of the molecule is Cc1ccc(NC2C3CC4CC(C3)CC2C4)cc1Br. The summed E-state index contributed by atoms with van der Waals surface area (Å²) in [4.78, 5) is 0. The lowest BCUT2D eigenvalue weighted by atomic mass is 9.54. The fourth-order valence-corrected chi connectivity index (χ4v) is 5.41. The Hall–Kier alpha value is -0.500. The van der Waals surface area contributed by atoms with Crippen molar-refractivity contribution in [2.24, 2.45) is 23.7 Å². The van der Waals surface area contributed by atoms with Gasteiger partial charge in [-0.05, 0) is 80.4 Å². The predicted octanol–water partition coefficient (Wildman–Crippen LogP) is 4.99. The monoisotopic (exact) mass is 319 g/mol. The van der Waals surface area contributed by atoms with Crippen molar-refractivity contribution >= 4 is 21.6 Å². The van der Waals surface area contributed by atoms with Gasteiger partial charge >= 0.3 is 0 Å². The average Bonchev–Trinajstić information content (AvgIpc) is 2.37. The molecule has 0 heterocycles. The third-order valence-electron chi connectivity index (χ3n) is 5.73. The molecule has 0 spiro atoms. The Morgan fingerprint density at radius 3 is 2.21 bits per heavy atom. The third kappa shape index (κ3) is 2.12. The molecular weight excluding hydrogens is 298 g/mol. The minimum absolute atomic E-state index is 0.738. The zero-order chi connectivity index (χ0) is 13.0. The molecule has 0 amide bonds. The number of hydrogen-bond acceptors (Lipinski definition) is 1. The second-order valence-corrected chi connectivity index (χ2v) is 7.92. The van der Waals surface area contributed by atoms with Crippen molar-refractivity contribution < 1.29 is 0 Å². The summed E-state index contributed by atoms with van der Waals surface area (Å²) in [6.45, 7) is 2.15. The summed E-state index contributed by atoms with van der Waals surface area (Å²) in [5.74, 6) is 4.00. The van der Waals surface area contributed by atoms with E-state index in [0.717, 1.165) is 29.7 Å². The highest BCUT2D eigenvalue weighted by molar-refractivity contribution is 9.10. The smallest absolute Gasteiger partial charge is 0.0354 e. The number of anilines is 1. The second kappa shape index (κ2) is 4.51. The molecule has 1 aromatic carbocycles. The first kappa shape index (κ1) is 12.3. The first-order valence-corrected chi connectivity index (χ1v) is 8.51. The summed E-state index contributed by atoms with van der Waals surface area (Å²) in [6, 6.07) is 7.44.